The van der Waals surface area contributed by atoms with Crippen LogP contribution in [-0.2, 0) is 19.1 Å². The largest absolute Gasteiger partial charge is 0.468 e. The van der Waals surface area contributed by atoms with Gasteiger partial charge in [0.2, 0.25) is 11.8 Å². The smallest absolute Gasteiger partial charge is 0.319 e. The van der Waals surface area contributed by atoms with Crippen molar-refractivity contribution in [1.29, 1.82) is 5.26 Å². The Labute approximate surface area is 209 Å². The Kier molecular flexibility index (Phi) is 8.27. The van der Waals surface area contributed by atoms with E-state index in [-0.39, 0.29) is 21.4 Å². The molecule has 0 aromatic heterocycles. The summed E-state index contributed by atoms with van der Waals surface area (Å²) in [6, 6.07) is 13.3. The monoisotopic (exact) mass is 523 g/mol. The first-order valence-corrected chi connectivity index (χ1v) is 11.5. The number of allylic oxidation sites excluding steroid dienone is 1. The molecule has 7 nitrogen and oxygen atoms in total. The van der Waals surface area contributed by atoms with Crippen molar-refractivity contribution >= 4 is 70.0 Å². The lowest BCUT2D eigenvalue weighted by Crippen LogP contribution is -2.44. The van der Waals surface area contributed by atoms with Crippen molar-refractivity contribution in [2.24, 2.45) is 5.92 Å². The van der Waals surface area contributed by atoms with E-state index >= 15 is 0 Å². The minimum absolute atomic E-state index is 0.102. The minimum atomic E-state index is -1.31. The maximum atomic E-state index is 12.8. The van der Waals surface area contributed by atoms with Gasteiger partial charge in [-0.1, -0.05) is 64.8 Å². The number of carbonyl (C=O) groups is 3. The van der Waals surface area contributed by atoms with Crippen LogP contribution in [0.15, 0.2) is 53.1 Å². The molecule has 11 heteroatoms. The van der Waals surface area contributed by atoms with Crippen molar-refractivity contribution in [3.05, 3.63) is 73.7 Å². The van der Waals surface area contributed by atoms with Gasteiger partial charge in [-0.25, -0.2) is 0 Å². The molecule has 2 aromatic rings. The van der Waals surface area contributed by atoms with Crippen molar-refractivity contribution in [3.8, 4) is 6.07 Å². The Hall–Kier alpha value is -2.70. The van der Waals surface area contributed by atoms with Crippen LogP contribution in [0.1, 0.15) is 11.5 Å². The molecule has 33 heavy (non-hydrogen) atoms. The third-order valence-corrected chi connectivity index (χ3v) is 6.88. The number of thioether (sulfide) groups is 1. The highest BCUT2D eigenvalue weighted by Gasteiger charge is 2.45. The molecule has 1 aliphatic rings. The summed E-state index contributed by atoms with van der Waals surface area (Å²) >= 11 is 19.1. The van der Waals surface area contributed by atoms with Crippen molar-refractivity contribution in [2.75, 3.05) is 18.2 Å². The number of benzene rings is 2. The van der Waals surface area contributed by atoms with Crippen LogP contribution in [0.3, 0.4) is 0 Å². The average molecular weight is 525 g/mol. The molecule has 0 saturated heterocycles. The van der Waals surface area contributed by atoms with Crippen LogP contribution in [0.4, 0.5) is 5.69 Å². The fourth-order valence-electron chi connectivity index (χ4n) is 3.29. The Bertz CT molecular complexity index is 1200. The number of amides is 2. The number of ether oxygens (including phenoxy) is 1. The number of carbonyl (C=O) groups excluding carboxylic acids is 3. The van der Waals surface area contributed by atoms with Crippen molar-refractivity contribution in [1.82, 2.24) is 5.32 Å². The summed E-state index contributed by atoms with van der Waals surface area (Å²) in [5.74, 6) is -4.25. The van der Waals surface area contributed by atoms with Gasteiger partial charge < -0.3 is 15.4 Å². The van der Waals surface area contributed by atoms with E-state index in [9.17, 15) is 19.6 Å². The molecule has 0 unspecified atom stereocenters. The third-order valence-electron chi connectivity index (χ3n) is 4.77. The number of anilines is 1. The molecule has 0 radical (unpaired) electrons. The molecule has 0 saturated carbocycles. The van der Waals surface area contributed by atoms with E-state index < -0.39 is 29.6 Å². The van der Waals surface area contributed by atoms with Gasteiger partial charge in [0.1, 0.15) is 5.92 Å². The van der Waals surface area contributed by atoms with Gasteiger partial charge in [0.15, 0.2) is 0 Å². The van der Waals surface area contributed by atoms with Crippen molar-refractivity contribution in [2.45, 2.75) is 5.92 Å². The molecule has 2 amide bonds. The lowest BCUT2D eigenvalue weighted by molar-refractivity contribution is -0.150. The highest BCUT2D eigenvalue weighted by Crippen LogP contribution is 2.42. The number of halogens is 3. The molecule has 170 valence electrons. The maximum Gasteiger partial charge on any atom is 0.319 e. The van der Waals surface area contributed by atoms with Crippen LogP contribution in [0.25, 0.3) is 0 Å². The predicted molar refractivity (Wildman–Crippen MR) is 128 cm³/mol. The molecule has 0 fully saturated rings. The normalized spacial score (nSPS) is 17.7. The first kappa shape index (κ1) is 24.9. The molecule has 0 aliphatic carbocycles. The highest BCUT2D eigenvalue weighted by atomic mass is 35.5. The van der Waals surface area contributed by atoms with E-state index in [1.165, 1.54) is 6.07 Å². The number of esters is 1. The number of nitriles is 1. The maximum absolute atomic E-state index is 12.8. The molecule has 2 aromatic carbocycles. The molecule has 3 rings (SSSR count). The average Bonchev–Trinajstić information content (AvgIpc) is 2.79. The molecule has 2 N–H and O–H groups in total. The molecular weight excluding hydrogens is 509 g/mol. The molecule has 0 spiro atoms. The molecular formula is C22H16Cl3N3O4S. The van der Waals surface area contributed by atoms with Gasteiger partial charge in [-0.2, -0.15) is 5.26 Å². The topological polar surface area (TPSA) is 108 Å². The molecule has 2 atom stereocenters. The lowest BCUT2D eigenvalue weighted by Gasteiger charge is -2.31. The number of nitrogens with one attached hydrogen (secondary N) is 2. The van der Waals surface area contributed by atoms with Gasteiger partial charge in [-0.05, 0) is 29.8 Å². The zero-order valence-corrected chi connectivity index (χ0v) is 20.1. The second-order valence-corrected chi connectivity index (χ2v) is 9.02. The van der Waals surface area contributed by atoms with Crippen molar-refractivity contribution in [3.63, 3.8) is 0 Å². The van der Waals surface area contributed by atoms with E-state index in [1.807, 2.05) is 0 Å². The third kappa shape index (κ3) is 5.63. The SMILES string of the molecule is COC(=O)[C@H]1C(=O)NC(SCC(=O)Nc2ccc(Cl)c(Cl)c2)=C(C#N)[C@H]1c1ccccc1Cl. The summed E-state index contributed by atoms with van der Waals surface area (Å²) in [5, 5.41) is 16.2. The summed E-state index contributed by atoms with van der Waals surface area (Å²) in [5.41, 5.74) is 0.974. The Morgan fingerprint density at radius 3 is 2.52 bits per heavy atom. The van der Waals surface area contributed by atoms with Gasteiger partial charge in [-0.3, -0.25) is 14.4 Å². The van der Waals surface area contributed by atoms with E-state index in [4.69, 9.17) is 39.5 Å². The fourth-order valence-corrected chi connectivity index (χ4v) is 4.69. The Morgan fingerprint density at radius 2 is 1.88 bits per heavy atom. The van der Waals surface area contributed by atoms with Crippen LogP contribution < -0.4 is 10.6 Å². The first-order valence-electron chi connectivity index (χ1n) is 9.42. The first-order chi connectivity index (χ1) is 15.8. The van der Waals surface area contributed by atoms with Crippen LogP contribution in [0.5, 0.6) is 0 Å². The van der Waals surface area contributed by atoms with Crippen LogP contribution >= 0.6 is 46.6 Å². The summed E-state index contributed by atoms with van der Waals surface area (Å²) in [6.07, 6.45) is 0. The van der Waals surface area contributed by atoms with Crippen LogP contribution in [0, 0.1) is 17.2 Å². The van der Waals surface area contributed by atoms with E-state index in [0.717, 1.165) is 18.9 Å². The number of methoxy groups -OCH3 is 1. The van der Waals surface area contributed by atoms with Gasteiger partial charge in [0.25, 0.3) is 0 Å². The predicted octanol–water partition coefficient (Wildman–Crippen LogP) is 4.76. The van der Waals surface area contributed by atoms with Gasteiger partial charge in [0.05, 0.1) is 39.6 Å². The molecule has 0 bridgehead atoms. The number of nitrogens with zero attached hydrogens (tertiary/aromatic N) is 1. The summed E-state index contributed by atoms with van der Waals surface area (Å²) < 4.78 is 4.80. The zero-order valence-electron chi connectivity index (χ0n) is 17.0. The number of hydrogen-bond acceptors (Lipinski definition) is 6. The quantitative estimate of drug-likeness (QED) is 0.417. The van der Waals surface area contributed by atoms with Crippen molar-refractivity contribution < 1.29 is 19.1 Å². The summed E-state index contributed by atoms with van der Waals surface area (Å²) in [4.78, 5) is 37.7. The summed E-state index contributed by atoms with van der Waals surface area (Å²) in [6.45, 7) is 0. The fraction of sp³-hybridized carbons (Fsp3) is 0.182. The highest BCUT2D eigenvalue weighted by molar-refractivity contribution is 8.03. The lowest BCUT2D eigenvalue weighted by atomic mass is 9.78. The van der Waals surface area contributed by atoms with Gasteiger partial charge in [0, 0.05) is 16.6 Å². The van der Waals surface area contributed by atoms with E-state index in [0.29, 0.717) is 21.3 Å². The number of hydrogen-bond donors (Lipinski definition) is 2. The Balaban J connectivity index is 1.89. The minimum Gasteiger partial charge on any atom is -0.468 e. The van der Waals surface area contributed by atoms with Gasteiger partial charge >= 0.3 is 5.97 Å². The standard InChI is InChI=1S/C22H16Cl3N3O4S/c1-32-22(31)19-18(12-4-2-3-5-14(12)23)13(9-26)21(28-20(19)30)33-10-17(29)27-11-6-7-15(24)16(25)8-11/h2-8,18-19H,10H2,1H3,(H,27,29)(H,28,30)/t18-,19-/m1/s1. The molecule has 1 aliphatic heterocycles. The Morgan fingerprint density at radius 1 is 1.15 bits per heavy atom. The van der Waals surface area contributed by atoms with E-state index in [2.05, 4.69) is 16.7 Å². The summed E-state index contributed by atoms with van der Waals surface area (Å²) in [7, 11) is 1.16. The second kappa shape index (κ2) is 10.9. The van der Waals surface area contributed by atoms with Gasteiger partial charge in [-0.15, -0.1) is 0 Å². The van der Waals surface area contributed by atoms with E-state index in [1.54, 1.807) is 36.4 Å². The molecule has 1 heterocycles. The van der Waals surface area contributed by atoms with Crippen LogP contribution in [0.2, 0.25) is 15.1 Å². The van der Waals surface area contributed by atoms with Crippen LogP contribution in [-0.4, -0.2) is 30.6 Å². The second-order valence-electron chi connectivity index (χ2n) is 6.81. The zero-order chi connectivity index (χ0) is 24.1. The number of rotatable bonds is 6.